The number of aromatic nitrogens is 1. The molecule has 5 rings (SSSR count). The van der Waals surface area contributed by atoms with Gasteiger partial charge in [-0.1, -0.05) is 20.8 Å². The summed E-state index contributed by atoms with van der Waals surface area (Å²) in [6.07, 6.45) is 4.51. The fourth-order valence-electron chi connectivity index (χ4n) is 5.70. The predicted molar refractivity (Wildman–Crippen MR) is 104 cm³/mol. The Morgan fingerprint density at radius 3 is 2.93 bits per heavy atom. The Hall–Kier alpha value is -2.15. The molecule has 0 aromatic carbocycles. The van der Waals surface area contributed by atoms with Crippen LogP contribution >= 0.6 is 11.3 Å². The third-order valence-corrected chi connectivity index (χ3v) is 8.11. The maximum absolute atomic E-state index is 12.3. The minimum atomic E-state index is -0.286. The van der Waals surface area contributed by atoms with Crippen LogP contribution in [0.3, 0.4) is 0 Å². The van der Waals surface area contributed by atoms with Gasteiger partial charge in [0.1, 0.15) is 6.10 Å². The third-order valence-electron chi connectivity index (χ3n) is 7.12. The molecule has 1 saturated heterocycles. The number of hydrogen-bond acceptors (Lipinski definition) is 6. The van der Waals surface area contributed by atoms with Crippen LogP contribution in [0.4, 0.5) is 5.13 Å². The number of rotatable bonds is 2. The molecule has 0 radical (unpaired) electrons. The highest BCUT2D eigenvalue weighted by molar-refractivity contribution is 7.15. The summed E-state index contributed by atoms with van der Waals surface area (Å²) in [5, 5.41) is 3.47. The van der Waals surface area contributed by atoms with E-state index >= 15 is 0 Å². The standard InChI is InChI=1S/C21H24N2O4S/c1-10-12-6-7-21(3)9-14-16(11(2)15(21)17(12)27-19(10)25)22-20(28-14)23-18(24)13-5-4-8-26-13/h4-5,8,10-12,15,17H,6-7,9H2,1-3H3,(H,22,23,24). The Morgan fingerprint density at radius 2 is 2.18 bits per heavy atom. The van der Waals surface area contributed by atoms with Crippen molar-refractivity contribution >= 4 is 28.3 Å². The SMILES string of the molecule is CC1C(=O)OC2C1CCC1(C)Cc3sc(NC(=O)c4ccco4)nc3C(C)C21. The van der Waals surface area contributed by atoms with E-state index in [0.29, 0.717) is 11.0 Å². The number of carbonyl (C=O) groups excluding carboxylic acids is 2. The number of furan rings is 1. The number of esters is 1. The highest BCUT2D eigenvalue weighted by atomic mass is 32.1. The second-order valence-electron chi connectivity index (χ2n) is 8.80. The summed E-state index contributed by atoms with van der Waals surface area (Å²) in [6.45, 7) is 6.52. The average molecular weight is 401 g/mol. The van der Waals surface area contributed by atoms with E-state index in [4.69, 9.17) is 14.1 Å². The first-order valence-corrected chi connectivity index (χ1v) is 10.7. The molecule has 3 heterocycles. The van der Waals surface area contributed by atoms with Crippen LogP contribution in [0, 0.1) is 23.2 Å². The first kappa shape index (κ1) is 17.9. The van der Waals surface area contributed by atoms with Crippen molar-refractivity contribution in [2.45, 2.75) is 52.1 Å². The molecule has 28 heavy (non-hydrogen) atoms. The van der Waals surface area contributed by atoms with Gasteiger partial charge < -0.3 is 9.15 Å². The molecule has 1 saturated carbocycles. The summed E-state index contributed by atoms with van der Waals surface area (Å²) >= 11 is 1.55. The summed E-state index contributed by atoms with van der Waals surface area (Å²) < 4.78 is 11.0. The zero-order valence-electron chi connectivity index (χ0n) is 16.2. The lowest BCUT2D eigenvalue weighted by Gasteiger charge is -2.51. The number of carbonyl (C=O) groups is 2. The van der Waals surface area contributed by atoms with Gasteiger partial charge in [-0.2, -0.15) is 0 Å². The van der Waals surface area contributed by atoms with Gasteiger partial charge in [0.25, 0.3) is 5.91 Å². The lowest BCUT2D eigenvalue weighted by Crippen LogP contribution is -2.50. The molecule has 1 N–H and O–H groups in total. The molecular formula is C21H24N2O4S. The molecule has 6 unspecified atom stereocenters. The largest absolute Gasteiger partial charge is 0.461 e. The number of nitrogens with zero attached hydrogens (tertiary/aromatic N) is 1. The van der Waals surface area contributed by atoms with Gasteiger partial charge in [-0.25, -0.2) is 4.98 Å². The van der Waals surface area contributed by atoms with Crippen molar-refractivity contribution in [3.8, 4) is 0 Å². The zero-order chi connectivity index (χ0) is 19.6. The van der Waals surface area contributed by atoms with Crippen molar-refractivity contribution in [2.75, 3.05) is 5.32 Å². The van der Waals surface area contributed by atoms with Crippen molar-refractivity contribution in [3.05, 3.63) is 34.7 Å². The second kappa shape index (κ2) is 6.17. The van der Waals surface area contributed by atoms with Crippen molar-refractivity contribution < 1.29 is 18.7 Å². The fraction of sp³-hybridized carbons (Fsp3) is 0.571. The lowest BCUT2D eigenvalue weighted by molar-refractivity contribution is -0.149. The Balaban J connectivity index is 1.45. The number of ether oxygens (including phenoxy) is 1. The highest BCUT2D eigenvalue weighted by Crippen LogP contribution is 2.59. The lowest BCUT2D eigenvalue weighted by atomic mass is 9.54. The zero-order valence-corrected chi connectivity index (χ0v) is 17.0. The van der Waals surface area contributed by atoms with Gasteiger partial charge in [0.05, 0.1) is 17.9 Å². The number of amides is 1. The predicted octanol–water partition coefficient (Wildman–Crippen LogP) is 4.24. The Labute approximate surface area is 167 Å². The molecule has 148 valence electrons. The maximum Gasteiger partial charge on any atom is 0.309 e. The molecule has 2 aliphatic carbocycles. The summed E-state index contributed by atoms with van der Waals surface area (Å²) in [5.74, 6) is 0.686. The quantitative estimate of drug-likeness (QED) is 0.763. The summed E-state index contributed by atoms with van der Waals surface area (Å²) in [6, 6.07) is 3.33. The van der Waals surface area contributed by atoms with Crippen LogP contribution in [-0.2, 0) is 16.0 Å². The molecule has 1 amide bonds. The van der Waals surface area contributed by atoms with Gasteiger partial charge in [-0.3, -0.25) is 14.9 Å². The number of hydrogen-bond donors (Lipinski definition) is 1. The number of fused-ring (bicyclic) bond motifs is 4. The summed E-state index contributed by atoms with van der Waals surface area (Å²) in [7, 11) is 0. The van der Waals surface area contributed by atoms with Gasteiger partial charge in [0.15, 0.2) is 10.9 Å². The third kappa shape index (κ3) is 2.55. The topological polar surface area (TPSA) is 81.4 Å². The fourth-order valence-corrected chi connectivity index (χ4v) is 6.96. The molecule has 0 bridgehead atoms. The monoisotopic (exact) mass is 400 g/mol. The van der Waals surface area contributed by atoms with Crippen LogP contribution in [0.1, 0.15) is 60.7 Å². The summed E-state index contributed by atoms with van der Waals surface area (Å²) in [5.41, 5.74) is 1.13. The molecule has 3 aliphatic rings. The van der Waals surface area contributed by atoms with Gasteiger partial charge in [-0.15, -0.1) is 11.3 Å². The van der Waals surface area contributed by atoms with Crippen molar-refractivity contribution in [1.82, 2.24) is 4.98 Å². The van der Waals surface area contributed by atoms with E-state index in [1.165, 1.54) is 11.1 Å². The van der Waals surface area contributed by atoms with E-state index in [-0.39, 0.29) is 46.9 Å². The van der Waals surface area contributed by atoms with E-state index < -0.39 is 0 Å². The number of thiazole rings is 1. The van der Waals surface area contributed by atoms with Crippen LogP contribution in [0.5, 0.6) is 0 Å². The van der Waals surface area contributed by atoms with Crippen LogP contribution in [0.2, 0.25) is 0 Å². The molecule has 1 aliphatic heterocycles. The highest BCUT2D eigenvalue weighted by Gasteiger charge is 2.58. The van der Waals surface area contributed by atoms with Crippen molar-refractivity contribution in [3.63, 3.8) is 0 Å². The first-order valence-electron chi connectivity index (χ1n) is 9.92. The number of nitrogens with one attached hydrogen (secondary N) is 1. The van der Waals surface area contributed by atoms with Crippen molar-refractivity contribution in [2.24, 2.45) is 23.2 Å². The molecule has 6 nitrogen and oxygen atoms in total. The minimum absolute atomic E-state index is 0.0123. The van der Waals surface area contributed by atoms with Crippen molar-refractivity contribution in [1.29, 1.82) is 0 Å². The summed E-state index contributed by atoms with van der Waals surface area (Å²) in [4.78, 5) is 30.5. The van der Waals surface area contributed by atoms with E-state index in [2.05, 4.69) is 19.2 Å². The van der Waals surface area contributed by atoms with Gasteiger partial charge in [0, 0.05) is 22.6 Å². The average Bonchev–Trinajstić information content (AvgIpc) is 3.35. The van der Waals surface area contributed by atoms with E-state index in [9.17, 15) is 9.59 Å². The number of anilines is 1. The molecular weight excluding hydrogens is 376 g/mol. The van der Waals surface area contributed by atoms with Gasteiger partial charge in [-0.05, 0) is 36.8 Å². The Kier molecular flexibility index (Phi) is 3.95. The normalized spacial score (nSPS) is 36.2. The van der Waals surface area contributed by atoms with E-state index in [0.717, 1.165) is 25.0 Å². The molecule has 2 fully saturated rings. The van der Waals surface area contributed by atoms with Gasteiger partial charge >= 0.3 is 5.97 Å². The smallest absolute Gasteiger partial charge is 0.309 e. The molecule has 6 atom stereocenters. The van der Waals surface area contributed by atoms with Gasteiger partial charge in [0.2, 0.25) is 0 Å². The molecule has 7 heteroatoms. The van der Waals surface area contributed by atoms with E-state index in [1.54, 1.807) is 23.5 Å². The minimum Gasteiger partial charge on any atom is -0.461 e. The maximum atomic E-state index is 12.3. The second-order valence-corrected chi connectivity index (χ2v) is 9.88. The molecule has 0 spiro atoms. The molecule has 2 aromatic heterocycles. The Bertz CT molecular complexity index is 936. The molecule has 2 aromatic rings. The van der Waals surface area contributed by atoms with Crippen LogP contribution < -0.4 is 5.32 Å². The van der Waals surface area contributed by atoms with Crippen LogP contribution in [0.15, 0.2) is 22.8 Å². The van der Waals surface area contributed by atoms with Crippen LogP contribution in [-0.4, -0.2) is 23.0 Å². The van der Waals surface area contributed by atoms with E-state index in [1.807, 2.05) is 6.92 Å². The van der Waals surface area contributed by atoms with Crippen LogP contribution in [0.25, 0.3) is 0 Å². The first-order chi connectivity index (χ1) is 13.4. The Morgan fingerprint density at radius 1 is 1.36 bits per heavy atom.